The molecule has 0 saturated carbocycles. The summed E-state index contributed by atoms with van der Waals surface area (Å²) in [6.45, 7) is 8.44. The first kappa shape index (κ1) is 22.9. The number of nitrogens with one attached hydrogen (secondary N) is 1. The molecular formula is C26H28N4O2S. The number of anilines is 1. The topological polar surface area (TPSA) is 69.0 Å². The molecule has 0 atom stereocenters. The van der Waals surface area contributed by atoms with Crippen molar-refractivity contribution < 1.29 is 9.53 Å². The van der Waals surface area contributed by atoms with Crippen molar-refractivity contribution in [3.8, 4) is 5.75 Å². The number of carbonyl (C=O) groups is 1. The molecule has 0 spiro atoms. The molecule has 0 bridgehead atoms. The first-order chi connectivity index (χ1) is 15.8. The van der Waals surface area contributed by atoms with Crippen LogP contribution in [0.2, 0.25) is 0 Å². The van der Waals surface area contributed by atoms with Crippen LogP contribution in [0.1, 0.15) is 28.1 Å². The molecular weight excluding hydrogens is 432 g/mol. The number of aryl methyl sites for hydroxylation is 4. The summed E-state index contributed by atoms with van der Waals surface area (Å²) in [6.07, 6.45) is 0. The molecule has 33 heavy (non-hydrogen) atoms. The first-order valence-electron chi connectivity index (χ1n) is 10.8. The normalized spacial score (nSPS) is 11.1. The summed E-state index contributed by atoms with van der Waals surface area (Å²) >= 11 is 1.36. The van der Waals surface area contributed by atoms with Crippen LogP contribution in [-0.4, -0.2) is 26.4 Å². The van der Waals surface area contributed by atoms with Gasteiger partial charge in [0.2, 0.25) is 5.91 Å². The first-order valence-corrected chi connectivity index (χ1v) is 11.8. The van der Waals surface area contributed by atoms with Crippen molar-refractivity contribution in [1.29, 1.82) is 0 Å². The quantitative estimate of drug-likeness (QED) is 0.368. The highest BCUT2D eigenvalue weighted by Gasteiger charge is 2.14. The van der Waals surface area contributed by atoms with E-state index in [4.69, 9.17) is 4.74 Å². The Balaban J connectivity index is 1.37. The number of amides is 1. The number of nitrogens with zero attached hydrogens (tertiary/aromatic N) is 3. The predicted octanol–water partition coefficient (Wildman–Crippen LogP) is 5.51. The third-order valence-electron chi connectivity index (χ3n) is 5.70. The SMILES string of the molecule is Cc1cc(C)c(NC(=O)CSc2nnc(COc3ccc4ccccc4c3C)n2C)c(C)c1. The zero-order valence-electron chi connectivity index (χ0n) is 19.6. The monoisotopic (exact) mass is 460 g/mol. The van der Waals surface area contributed by atoms with Crippen molar-refractivity contribution in [1.82, 2.24) is 14.8 Å². The van der Waals surface area contributed by atoms with Crippen LogP contribution < -0.4 is 10.1 Å². The minimum absolute atomic E-state index is 0.0670. The van der Waals surface area contributed by atoms with Gasteiger partial charge >= 0.3 is 0 Å². The van der Waals surface area contributed by atoms with Crippen LogP contribution in [0.3, 0.4) is 0 Å². The van der Waals surface area contributed by atoms with E-state index >= 15 is 0 Å². The van der Waals surface area contributed by atoms with Crippen molar-refractivity contribution >= 4 is 34.1 Å². The third kappa shape index (κ3) is 5.03. The van der Waals surface area contributed by atoms with E-state index in [1.807, 2.05) is 43.7 Å². The second-order valence-electron chi connectivity index (χ2n) is 8.27. The largest absolute Gasteiger partial charge is 0.485 e. The van der Waals surface area contributed by atoms with Gasteiger partial charge in [-0.15, -0.1) is 10.2 Å². The van der Waals surface area contributed by atoms with Crippen LogP contribution in [0.4, 0.5) is 5.69 Å². The summed E-state index contributed by atoms with van der Waals surface area (Å²) in [5.74, 6) is 1.72. The Morgan fingerprint density at radius 3 is 2.52 bits per heavy atom. The van der Waals surface area contributed by atoms with Crippen molar-refractivity contribution in [2.45, 2.75) is 39.5 Å². The van der Waals surface area contributed by atoms with E-state index in [2.05, 4.69) is 59.7 Å². The molecule has 1 N–H and O–H groups in total. The number of fused-ring (bicyclic) bond motifs is 1. The number of hydrogen-bond acceptors (Lipinski definition) is 5. The van der Waals surface area contributed by atoms with E-state index in [0.717, 1.165) is 28.1 Å². The second-order valence-corrected chi connectivity index (χ2v) is 9.21. The Labute approximate surface area is 198 Å². The lowest BCUT2D eigenvalue weighted by Gasteiger charge is -2.13. The van der Waals surface area contributed by atoms with Crippen LogP contribution in [0, 0.1) is 27.7 Å². The van der Waals surface area contributed by atoms with E-state index in [0.29, 0.717) is 17.6 Å². The summed E-state index contributed by atoms with van der Waals surface area (Å²) in [5.41, 5.74) is 5.29. The van der Waals surface area contributed by atoms with Gasteiger partial charge in [-0.1, -0.05) is 59.8 Å². The molecule has 0 aliphatic heterocycles. The minimum Gasteiger partial charge on any atom is -0.485 e. The molecule has 0 aliphatic rings. The van der Waals surface area contributed by atoms with Crippen LogP contribution >= 0.6 is 11.8 Å². The van der Waals surface area contributed by atoms with Crippen molar-refractivity contribution in [3.05, 3.63) is 76.6 Å². The van der Waals surface area contributed by atoms with Gasteiger partial charge in [0, 0.05) is 12.7 Å². The van der Waals surface area contributed by atoms with Crippen LogP contribution in [0.5, 0.6) is 5.75 Å². The smallest absolute Gasteiger partial charge is 0.234 e. The summed E-state index contributed by atoms with van der Waals surface area (Å²) < 4.78 is 7.93. The zero-order chi connectivity index (χ0) is 23.5. The summed E-state index contributed by atoms with van der Waals surface area (Å²) in [7, 11) is 1.89. The minimum atomic E-state index is -0.0670. The van der Waals surface area contributed by atoms with Gasteiger partial charge in [-0.2, -0.15) is 0 Å². The second kappa shape index (κ2) is 9.67. The highest BCUT2D eigenvalue weighted by Crippen LogP contribution is 2.28. The number of rotatable bonds is 7. The predicted molar refractivity (Wildman–Crippen MR) is 134 cm³/mol. The maximum atomic E-state index is 12.5. The summed E-state index contributed by atoms with van der Waals surface area (Å²) in [4.78, 5) is 12.5. The number of benzene rings is 3. The number of carbonyl (C=O) groups excluding carboxylic acids is 1. The Kier molecular flexibility index (Phi) is 6.70. The Morgan fingerprint density at radius 1 is 1.03 bits per heavy atom. The average molecular weight is 461 g/mol. The van der Waals surface area contributed by atoms with Gasteiger partial charge in [0.15, 0.2) is 11.0 Å². The molecule has 1 amide bonds. The van der Waals surface area contributed by atoms with Gasteiger partial charge in [-0.25, -0.2) is 0 Å². The van der Waals surface area contributed by atoms with Gasteiger partial charge in [0.25, 0.3) is 0 Å². The Bertz CT molecular complexity index is 1310. The van der Waals surface area contributed by atoms with Gasteiger partial charge in [-0.3, -0.25) is 4.79 Å². The zero-order valence-corrected chi connectivity index (χ0v) is 20.4. The molecule has 4 aromatic rings. The summed E-state index contributed by atoms with van der Waals surface area (Å²) in [6, 6.07) is 16.4. The molecule has 1 heterocycles. The molecule has 0 fully saturated rings. The molecule has 4 rings (SSSR count). The fourth-order valence-electron chi connectivity index (χ4n) is 3.98. The number of aromatic nitrogens is 3. The van der Waals surface area contributed by atoms with Gasteiger partial charge < -0.3 is 14.6 Å². The van der Waals surface area contributed by atoms with Crippen LogP contribution in [0.15, 0.2) is 53.7 Å². The van der Waals surface area contributed by atoms with E-state index in [9.17, 15) is 4.79 Å². The van der Waals surface area contributed by atoms with Crippen molar-refractivity contribution in [2.24, 2.45) is 7.05 Å². The van der Waals surface area contributed by atoms with Gasteiger partial charge in [0.1, 0.15) is 12.4 Å². The molecule has 3 aromatic carbocycles. The van der Waals surface area contributed by atoms with E-state index < -0.39 is 0 Å². The van der Waals surface area contributed by atoms with Gasteiger partial charge in [0.05, 0.1) is 5.75 Å². The summed E-state index contributed by atoms with van der Waals surface area (Å²) in [5, 5.41) is 14.6. The standard InChI is InChI=1S/C26H28N4O2S/c1-16-12-17(2)25(18(3)13-16)27-24(31)15-33-26-29-28-23(30(26)5)14-32-22-11-10-20-8-6-7-9-21(20)19(22)4/h6-13H,14-15H2,1-5H3,(H,27,31). The Morgan fingerprint density at radius 2 is 1.76 bits per heavy atom. The third-order valence-corrected chi connectivity index (χ3v) is 6.72. The number of hydrogen-bond donors (Lipinski definition) is 1. The van der Waals surface area contributed by atoms with E-state index in [-0.39, 0.29) is 11.7 Å². The highest BCUT2D eigenvalue weighted by atomic mass is 32.2. The molecule has 0 saturated heterocycles. The maximum Gasteiger partial charge on any atom is 0.234 e. The molecule has 0 aliphatic carbocycles. The fraction of sp³-hybridized carbons (Fsp3) is 0.269. The fourth-order valence-corrected chi connectivity index (χ4v) is 4.71. The molecule has 0 unspecified atom stereocenters. The lowest BCUT2D eigenvalue weighted by Crippen LogP contribution is -2.16. The van der Waals surface area contributed by atoms with Crippen LogP contribution in [0.25, 0.3) is 10.8 Å². The van der Waals surface area contributed by atoms with Crippen LogP contribution in [-0.2, 0) is 18.4 Å². The Hall–Kier alpha value is -3.32. The molecule has 1 aromatic heterocycles. The maximum absolute atomic E-state index is 12.5. The molecule has 6 nitrogen and oxygen atoms in total. The van der Waals surface area contributed by atoms with Gasteiger partial charge in [-0.05, 0) is 61.2 Å². The molecule has 0 radical (unpaired) electrons. The number of ether oxygens (including phenoxy) is 1. The lowest BCUT2D eigenvalue weighted by molar-refractivity contribution is -0.113. The highest BCUT2D eigenvalue weighted by molar-refractivity contribution is 7.99. The average Bonchev–Trinajstić information content (AvgIpc) is 3.14. The molecule has 170 valence electrons. The van der Waals surface area contributed by atoms with Crippen molar-refractivity contribution in [3.63, 3.8) is 0 Å². The van der Waals surface area contributed by atoms with E-state index in [1.165, 1.54) is 28.1 Å². The number of thioether (sulfide) groups is 1. The van der Waals surface area contributed by atoms with E-state index in [1.54, 1.807) is 0 Å². The molecule has 7 heteroatoms. The lowest BCUT2D eigenvalue weighted by atomic mass is 10.0. The van der Waals surface area contributed by atoms with Crippen molar-refractivity contribution in [2.75, 3.05) is 11.1 Å².